The van der Waals surface area contributed by atoms with Crippen molar-refractivity contribution < 1.29 is 0 Å². The second kappa shape index (κ2) is 15.1. The molecule has 0 N–H and O–H groups in total. The summed E-state index contributed by atoms with van der Waals surface area (Å²) in [5, 5.41) is 10.1. The maximum atomic E-state index is 2.67. The molecule has 77 heavy (non-hydrogen) atoms. The van der Waals surface area contributed by atoms with E-state index in [0.29, 0.717) is 0 Å². The highest BCUT2D eigenvalue weighted by Crippen LogP contribution is 2.67. The molecule has 2 atom stereocenters. The van der Waals surface area contributed by atoms with Crippen LogP contribution in [-0.2, 0) is 5.41 Å². The largest absolute Gasteiger partial charge is 0.310 e. The van der Waals surface area contributed by atoms with E-state index in [0.717, 1.165) is 11.4 Å². The van der Waals surface area contributed by atoms with Crippen molar-refractivity contribution in [1.82, 2.24) is 18.3 Å². The van der Waals surface area contributed by atoms with Crippen molar-refractivity contribution in [3.8, 4) is 28.2 Å². The van der Waals surface area contributed by atoms with E-state index in [1.165, 1.54) is 132 Å². The lowest BCUT2D eigenvalue weighted by Crippen LogP contribution is -2.34. The molecule has 4 heterocycles. The quantitative estimate of drug-likeness (QED) is 0.167. The molecule has 2 unspecified atom stereocenters. The molecule has 18 rings (SSSR count). The van der Waals surface area contributed by atoms with Crippen molar-refractivity contribution >= 4 is 92.9 Å². The zero-order valence-electron chi connectivity index (χ0n) is 41.8. The molecule has 3 aliphatic rings. The highest BCUT2D eigenvalue weighted by atomic mass is 15.0. The van der Waals surface area contributed by atoms with Crippen LogP contribution in [-0.4, -0.2) is 18.3 Å². The lowest BCUT2D eigenvalue weighted by Gasteiger charge is -2.37. The van der Waals surface area contributed by atoms with Gasteiger partial charge >= 0.3 is 0 Å². The fraction of sp³-hybridized carbons (Fsp3) is 0.0411. The molecule has 0 fully saturated rings. The Morgan fingerprint density at radius 3 is 0.935 bits per heavy atom. The summed E-state index contributed by atoms with van der Waals surface area (Å²) in [5.74, 6) is 0.0780. The molecule has 0 radical (unpaired) electrons. The highest BCUT2D eigenvalue weighted by molar-refractivity contribution is 6.13. The fourth-order valence-corrected chi connectivity index (χ4v) is 15.1. The number of hydrogen-bond acceptors (Lipinski definition) is 0. The summed E-state index contributed by atoms with van der Waals surface area (Å²) >= 11 is 0. The van der Waals surface area contributed by atoms with E-state index >= 15 is 0 Å². The smallest absolute Gasteiger partial charge is 0.0541 e. The molecule has 3 aliphatic carbocycles. The normalized spacial score (nSPS) is 16.2. The molecule has 4 nitrogen and oxygen atoms in total. The van der Waals surface area contributed by atoms with Crippen LogP contribution in [0.25, 0.3) is 121 Å². The van der Waals surface area contributed by atoms with Gasteiger partial charge in [0.05, 0.1) is 49.5 Å². The van der Waals surface area contributed by atoms with E-state index in [9.17, 15) is 0 Å². The monoisotopic (exact) mass is 978 g/mol. The Balaban J connectivity index is 0.984. The van der Waals surface area contributed by atoms with Gasteiger partial charge in [0.2, 0.25) is 0 Å². The number of rotatable bonds is 4. The number of hydrogen-bond donors (Lipinski definition) is 0. The number of benzene rings is 11. The van der Waals surface area contributed by atoms with E-state index in [4.69, 9.17) is 0 Å². The van der Waals surface area contributed by atoms with Crippen LogP contribution in [0.2, 0.25) is 0 Å². The highest BCUT2D eigenvalue weighted by Gasteiger charge is 2.58. The number of allylic oxidation sites excluding steroid dienone is 4. The molecule has 15 aromatic rings. The van der Waals surface area contributed by atoms with Crippen LogP contribution in [0.15, 0.2) is 267 Å². The fourth-order valence-electron chi connectivity index (χ4n) is 15.1. The molecular weight excluding hydrogens is 933 g/mol. The second-order valence-corrected chi connectivity index (χ2v) is 21.5. The first kappa shape index (κ1) is 41.5. The third-order valence-electron chi connectivity index (χ3n) is 18.0. The van der Waals surface area contributed by atoms with Gasteiger partial charge in [-0.1, -0.05) is 176 Å². The molecule has 0 saturated carbocycles. The van der Waals surface area contributed by atoms with Crippen LogP contribution in [0.4, 0.5) is 0 Å². The zero-order chi connectivity index (χ0) is 50.1. The number of nitrogens with zero attached hydrogens (tertiary/aromatic N) is 4. The van der Waals surface area contributed by atoms with Crippen molar-refractivity contribution in [3.05, 3.63) is 289 Å². The average Bonchev–Trinajstić information content (AvgIpc) is 4.42. The predicted octanol–water partition coefficient (Wildman–Crippen LogP) is 18.2. The van der Waals surface area contributed by atoms with Gasteiger partial charge in [0.1, 0.15) is 0 Å². The minimum absolute atomic E-state index is 0.00683. The third kappa shape index (κ3) is 5.31. The van der Waals surface area contributed by atoms with Gasteiger partial charge in [-0.25, -0.2) is 0 Å². The Hall–Kier alpha value is -9.90. The summed E-state index contributed by atoms with van der Waals surface area (Å²) in [4.78, 5) is 0. The van der Waals surface area contributed by atoms with E-state index in [2.05, 4.69) is 285 Å². The molecule has 0 saturated heterocycles. The van der Waals surface area contributed by atoms with Gasteiger partial charge in [0.25, 0.3) is 0 Å². The Morgan fingerprint density at radius 2 is 0.584 bits per heavy atom. The zero-order valence-corrected chi connectivity index (χ0v) is 41.8. The Labute approximate surface area is 443 Å². The number of fused-ring (bicyclic) bond motifs is 22. The van der Waals surface area contributed by atoms with Crippen LogP contribution in [0.1, 0.15) is 28.2 Å². The maximum Gasteiger partial charge on any atom is 0.0541 e. The van der Waals surface area contributed by atoms with Gasteiger partial charge in [0.15, 0.2) is 0 Å². The Morgan fingerprint density at radius 1 is 0.286 bits per heavy atom. The van der Waals surface area contributed by atoms with Crippen LogP contribution < -0.4 is 0 Å². The summed E-state index contributed by atoms with van der Waals surface area (Å²) in [6, 6.07) is 93.7. The van der Waals surface area contributed by atoms with Crippen molar-refractivity contribution in [2.24, 2.45) is 5.92 Å². The van der Waals surface area contributed by atoms with Crippen LogP contribution >= 0.6 is 0 Å². The van der Waals surface area contributed by atoms with Gasteiger partial charge in [-0.3, -0.25) is 0 Å². The van der Waals surface area contributed by atoms with E-state index in [1.807, 2.05) is 0 Å². The Bertz CT molecular complexity index is 4760. The molecule has 1 spiro atoms. The van der Waals surface area contributed by atoms with Crippen molar-refractivity contribution in [1.29, 1.82) is 0 Å². The summed E-state index contributed by atoms with van der Waals surface area (Å²) in [5.41, 5.74) is 21.7. The van der Waals surface area contributed by atoms with E-state index in [1.54, 1.807) is 0 Å². The van der Waals surface area contributed by atoms with Gasteiger partial charge in [-0.15, -0.1) is 0 Å². The van der Waals surface area contributed by atoms with Crippen LogP contribution in [0, 0.1) is 5.92 Å². The van der Waals surface area contributed by atoms with E-state index in [-0.39, 0.29) is 11.8 Å². The second-order valence-electron chi connectivity index (χ2n) is 21.5. The van der Waals surface area contributed by atoms with Gasteiger partial charge in [0, 0.05) is 77.7 Å². The van der Waals surface area contributed by atoms with Crippen molar-refractivity contribution in [2.45, 2.75) is 11.3 Å². The molecule has 4 heteroatoms. The first-order chi connectivity index (χ1) is 38.2. The lowest BCUT2D eigenvalue weighted by molar-refractivity contribution is 0.465. The first-order valence-electron chi connectivity index (χ1n) is 27.0. The number of para-hydroxylation sites is 8. The summed E-state index contributed by atoms with van der Waals surface area (Å²) < 4.78 is 10.0. The molecule has 0 aliphatic heterocycles. The summed E-state index contributed by atoms with van der Waals surface area (Å²) in [6.45, 7) is 0. The molecule has 358 valence electrons. The van der Waals surface area contributed by atoms with Crippen LogP contribution in [0.5, 0.6) is 0 Å². The minimum Gasteiger partial charge on any atom is -0.310 e. The SMILES string of the molecule is C1=CC2c3ccc(-n4c5ccccc5c5ccccc54)cc3C3(c4cc(-n5c6ccccc6c6ccccc65)ccc4-c4ccc(-n5c6ccccc6c6ccccc65)cc43)C2C=C1n1c2ccccc2c2ccccc21. The van der Waals surface area contributed by atoms with Gasteiger partial charge < -0.3 is 18.3 Å². The predicted molar refractivity (Wildman–Crippen MR) is 320 cm³/mol. The van der Waals surface area contributed by atoms with Crippen molar-refractivity contribution in [3.63, 3.8) is 0 Å². The lowest BCUT2D eigenvalue weighted by atomic mass is 9.65. The summed E-state index contributed by atoms with van der Waals surface area (Å²) in [7, 11) is 0. The topological polar surface area (TPSA) is 19.7 Å². The summed E-state index contributed by atoms with van der Waals surface area (Å²) in [6.07, 6.45) is 7.63. The molecule has 0 bridgehead atoms. The van der Waals surface area contributed by atoms with Crippen LogP contribution in [0.3, 0.4) is 0 Å². The molecular formula is C73H46N4. The number of aromatic nitrogens is 4. The molecule has 4 aromatic heterocycles. The molecule has 0 amide bonds. The minimum atomic E-state index is -0.641. The van der Waals surface area contributed by atoms with Crippen molar-refractivity contribution in [2.75, 3.05) is 0 Å². The average molecular weight is 979 g/mol. The standard InChI is InChI=1S/C73H46N4/c1-9-25-65-53(17-1)54-18-2-10-26-66(54)74(65)45-33-37-49-50-38-34-46(75-67-27-11-3-19-55(67)56-20-4-12-28-68(56)75)42-62(50)73(61(49)41-45)63-43-47(76-69-29-13-5-21-57(69)58-22-6-14-30-70(58)76)35-39-51(63)52-40-36-48(44-64(52)73)77-71-31-15-7-23-59(71)60-24-8-16-32-72(60)77/h1-44,49,61H. The van der Waals surface area contributed by atoms with E-state index < -0.39 is 5.41 Å². The Kier molecular flexibility index (Phi) is 8.14. The molecule has 11 aromatic carbocycles. The maximum absolute atomic E-state index is 2.67. The van der Waals surface area contributed by atoms with Gasteiger partial charge in [-0.2, -0.15) is 0 Å². The third-order valence-corrected chi connectivity index (χ3v) is 18.0. The first-order valence-corrected chi connectivity index (χ1v) is 27.0. The van der Waals surface area contributed by atoms with Gasteiger partial charge in [-0.05, 0) is 124 Å².